The monoisotopic (exact) mass is 333 g/mol. The van der Waals surface area contributed by atoms with E-state index in [-0.39, 0.29) is 5.04 Å². The van der Waals surface area contributed by atoms with Crippen molar-refractivity contribution in [3.63, 3.8) is 0 Å². The van der Waals surface area contributed by atoms with Crippen molar-refractivity contribution in [2.75, 3.05) is 12.4 Å². The molecule has 0 fully saturated rings. The average molecular weight is 334 g/mol. The Bertz CT molecular complexity index is 671. The van der Waals surface area contributed by atoms with Gasteiger partial charge < -0.3 is 9.41 Å². The zero-order valence-corrected chi connectivity index (χ0v) is 16.1. The van der Waals surface area contributed by atoms with Crippen LogP contribution in [0.15, 0.2) is 29.3 Å². The molecule has 1 aromatic carbocycles. The summed E-state index contributed by atoms with van der Waals surface area (Å²) in [6, 6.07) is 8.67. The van der Waals surface area contributed by atoms with Crippen molar-refractivity contribution in [2.45, 2.75) is 56.3 Å². The lowest BCUT2D eigenvalue weighted by molar-refractivity contribution is 0.259. The summed E-state index contributed by atoms with van der Waals surface area (Å²) in [4.78, 5) is 3.59. The number of aromatic amines is 1. The molecule has 3 rings (SSSR count). The lowest BCUT2D eigenvalue weighted by atomic mass is 9.96. The second kappa shape index (κ2) is 5.73. The summed E-state index contributed by atoms with van der Waals surface area (Å²) in [7, 11) is -1.67. The molecule has 22 heavy (non-hydrogen) atoms. The van der Waals surface area contributed by atoms with Crippen molar-refractivity contribution >= 4 is 31.0 Å². The van der Waals surface area contributed by atoms with Gasteiger partial charge >= 0.3 is 0 Å². The fourth-order valence-electron chi connectivity index (χ4n) is 2.80. The minimum atomic E-state index is -1.67. The van der Waals surface area contributed by atoms with Gasteiger partial charge in [0, 0.05) is 29.2 Å². The molecule has 1 aliphatic heterocycles. The molecular weight excluding hydrogens is 306 g/mol. The van der Waals surface area contributed by atoms with Crippen LogP contribution in [0, 0.1) is 0 Å². The van der Waals surface area contributed by atoms with Crippen molar-refractivity contribution in [1.82, 2.24) is 4.98 Å². The largest absolute Gasteiger partial charge is 0.416 e. The highest BCUT2D eigenvalue weighted by atomic mass is 32.2. The molecule has 0 unspecified atom stereocenters. The van der Waals surface area contributed by atoms with E-state index < -0.39 is 8.32 Å². The van der Waals surface area contributed by atoms with Crippen molar-refractivity contribution in [3.8, 4) is 0 Å². The standard InChI is InChI=1S/C18H27NOSSi/c1-18(2,3)22(4,5)20-12-13-10-11-21-17-16(13)14-8-6-7-9-15(14)19-17/h6-9,13,19H,10-12H2,1-5H3/t13-/m0/s1. The Kier molecular flexibility index (Phi) is 4.21. The minimum absolute atomic E-state index is 0.277. The molecule has 0 saturated heterocycles. The van der Waals surface area contributed by atoms with Gasteiger partial charge in [0.15, 0.2) is 8.32 Å². The highest BCUT2D eigenvalue weighted by Gasteiger charge is 2.38. The fraction of sp³-hybridized carbons (Fsp3) is 0.556. The Morgan fingerprint density at radius 2 is 2.00 bits per heavy atom. The van der Waals surface area contributed by atoms with Crippen LogP contribution in [0.3, 0.4) is 0 Å². The molecule has 1 aliphatic rings. The number of thioether (sulfide) groups is 1. The molecule has 120 valence electrons. The Morgan fingerprint density at radius 3 is 2.73 bits per heavy atom. The summed E-state index contributed by atoms with van der Waals surface area (Å²) in [5.41, 5.74) is 2.75. The number of rotatable bonds is 3. The van der Waals surface area contributed by atoms with Gasteiger partial charge in [0.25, 0.3) is 0 Å². The number of hydrogen-bond acceptors (Lipinski definition) is 2. The predicted molar refractivity (Wildman–Crippen MR) is 99.5 cm³/mol. The van der Waals surface area contributed by atoms with Crippen LogP contribution >= 0.6 is 11.8 Å². The Morgan fingerprint density at radius 1 is 1.27 bits per heavy atom. The van der Waals surface area contributed by atoms with Gasteiger partial charge in [-0.05, 0) is 36.2 Å². The van der Waals surface area contributed by atoms with E-state index in [1.807, 2.05) is 11.8 Å². The average Bonchev–Trinajstić information content (AvgIpc) is 2.83. The molecule has 0 aliphatic carbocycles. The molecule has 0 spiro atoms. The van der Waals surface area contributed by atoms with Crippen molar-refractivity contribution in [3.05, 3.63) is 29.8 Å². The molecule has 0 bridgehead atoms. The predicted octanol–water partition coefficient (Wildman–Crippen LogP) is 5.77. The summed E-state index contributed by atoms with van der Waals surface area (Å²) < 4.78 is 6.52. The van der Waals surface area contributed by atoms with Gasteiger partial charge in [0.2, 0.25) is 0 Å². The molecule has 0 saturated carbocycles. The fourth-order valence-corrected chi connectivity index (χ4v) is 5.07. The maximum absolute atomic E-state index is 6.52. The highest BCUT2D eigenvalue weighted by Crippen LogP contribution is 2.43. The van der Waals surface area contributed by atoms with Gasteiger partial charge in [-0.2, -0.15) is 0 Å². The van der Waals surface area contributed by atoms with Crippen LogP contribution in [0.2, 0.25) is 18.1 Å². The normalized spacial score (nSPS) is 19.4. The highest BCUT2D eigenvalue weighted by molar-refractivity contribution is 7.99. The Hall–Kier alpha value is -0.713. The maximum atomic E-state index is 6.52. The van der Waals surface area contributed by atoms with Crippen molar-refractivity contribution < 1.29 is 4.43 Å². The number of nitrogens with one attached hydrogen (secondary N) is 1. The van der Waals surface area contributed by atoms with Crippen LogP contribution in [0.25, 0.3) is 10.9 Å². The molecule has 2 aromatic rings. The number of fused-ring (bicyclic) bond motifs is 3. The van der Waals surface area contributed by atoms with Crippen LogP contribution in [-0.2, 0) is 4.43 Å². The molecule has 1 atom stereocenters. The zero-order valence-electron chi connectivity index (χ0n) is 14.3. The Labute approximate surface area is 139 Å². The van der Waals surface area contributed by atoms with Gasteiger partial charge in [0.05, 0.1) is 5.03 Å². The van der Waals surface area contributed by atoms with Crippen LogP contribution in [0.5, 0.6) is 0 Å². The molecule has 2 nitrogen and oxygen atoms in total. The third kappa shape index (κ3) is 2.88. The zero-order chi connectivity index (χ0) is 16.0. The molecule has 2 heterocycles. The van der Waals surface area contributed by atoms with Crippen LogP contribution in [0.1, 0.15) is 38.7 Å². The first-order valence-corrected chi connectivity index (χ1v) is 12.1. The molecule has 1 N–H and O–H groups in total. The summed E-state index contributed by atoms with van der Waals surface area (Å²) in [5, 5.41) is 3.02. The molecule has 1 aromatic heterocycles. The second-order valence-corrected chi connectivity index (χ2v) is 13.7. The quantitative estimate of drug-likeness (QED) is 0.721. The van der Waals surface area contributed by atoms with Gasteiger partial charge in [0.1, 0.15) is 0 Å². The lowest BCUT2D eigenvalue weighted by Crippen LogP contribution is -2.41. The molecule has 0 amide bonds. The number of aromatic nitrogens is 1. The molecule has 4 heteroatoms. The van der Waals surface area contributed by atoms with E-state index in [4.69, 9.17) is 4.43 Å². The van der Waals surface area contributed by atoms with Gasteiger partial charge in [-0.1, -0.05) is 39.0 Å². The van der Waals surface area contributed by atoms with Crippen molar-refractivity contribution in [2.24, 2.45) is 0 Å². The first-order valence-electron chi connectivity index (χ1n) is 8.17. The van der Waals surface area contributed by atoms with E-state index in [1.165, 1.54) is 33.7 Å². The van der Waals surface area contributed by atoms with Crippen molar-refractivity contribution in [1.29, 1.82) is 0 Å². The van der Waals surface area contributed by atoms with E-state index in [0.29, 0.717) is 5.92 Å². The first kappa shape index (κ1) is 16.2. The van der Waals surface area contributed by atoms with Gasteiger partial charge in [-0.15, -0.1) is 11.8 Å². The topological polar surface area (TPSA) is 25.0 Å². The number of hydrogen-bond donors (Lipinski definition) is 1. The number of benzene rings is 1. The summed E-state index contributed by atoms with van der Waals surface area (Å²) in [6.45, 7) is 12.5. The Balaban J connectivity index is 1.86. The number of para-hydroxylation sites is 1. The van der Waals surface area contributed by atoms with E-state index in [9.17, 15) is 0 Å². The number of H-pyrrole nitrogens is 1. The smallest absolute Gasteiger partial charge is 0.192 e. The maximum Gasteiger partial charge on any atom is 0.192 e. The third-order valence-electron chi connectivity index (χ3n) is 5.28. The SMILES string of the molecule is CC(C)(C)[Si](C)(C)OC[C@@H]1CCSc2[nH]c3ccccc3c21. The third-order valence-corrected chi connectivity index (χ3v) is 10.8. The van der Waals surface area contributed by atoms with Gasteiger partial charge in [-0.25, -0.2) is 0 Å². The lowest BCUT2D eigenvalue weighted by Gasteiger charge is -2.37. The van der Waals surface area contributed by atoms with Crippen LogP contribution in [-0.4, -0.2) is 25.7 Å². The summed E-state index contributed by atoms with van der Waals surface area (Å²) in [6.07, 6.45) is 1.22. The van der Waals surface area contributed by atoms with Gasteiger partial charge in [-0.3, -0.25) is 0 Å². The molecule has 0 radical (unpaired) electrons. The van der Waals surface area contributed by atoms with E-state index in [2.05, 4.69) is 63.1 Å². The van der Waals surface area contributed by atoms with Crippen LogP contribution < -0.4 is 0 Å². The summed E-state index contributed by atoms with van der Waals surface area (Å²) in [5.74, 6) is 1.72. The summed E-state index contributed by atoms with van der Waals surface area (Å²) >= 11 is 1.96. The van der Waals surface area contributed by atoms with Crippen LogP contribution in [0.4, 0.5) is 0 Å². The molecular formula is C18H27NOSSi. The first-order chi connectivity index (χ1) is 10.3. The van der Waals surface area contributed by atoms with E-state index in [0.717, 1.165) is 6.61 Å². The van der Waals surface area contributed by atoms with E-state index in [1.54, 1.807) is 0 Å². The second-order valence-electron chi connectivity index (χ2n) is 7.82. The minimum Gasteiger partial charge on any atom is -0.416 e. The van der Waals surface area contributed by atoms with E-state index >= 15 is 0 Å².